The van der Waals surface area contributed by atoms with Crippen LogP contribution in [-0.2, 0) is 6.61 Å². The smallest absolute Gasteiger partial charge is 0.130 e. The van der Waals surface area contributed by atoms with Gasteiger partial charge in [-0.2, -0.15) is 5.11 Å². The maximum Gasteiger partial charge on any atom is 0.130 e. The van der Waals surface area contributed by atoms with Crippen LogP contribution in [0.2, 0.25) is 0 Å². The Kier molecular flexibility index (Phi) is 4.74. The van der Waals surface area contributed by atoms with E-state index in [1.807, 2.05) is 36.4 Å². The van der Waals surface area contributed by atoms with Crippen LogP contribution in [0.25, 0.3) is 0 Å². The van der Waals surface area contributed by atoms with Gasteiger partial charge >= 0.3 is 0 Å². The van der Waals surface area contributed by atoms with Gasteiger partial charge in [-0.15, -0.1) is 5.10 Å². The highest BCUT2D eigenvalue weighted by atomic mass is 16.5. The average Bonchev–Trinajstić information content (AvgIpc) is 3.47. The summed E-state index contributed by atoms with van der Waals surface area (Å²) in [4.78, 5) is 4.32. The Morgan fingerprint density at radius 1 is 1.00 bits per heavy atom. The molecule has 29 heavy (non-hydrogen) atoms. The highest BCUT2D eigenvalue weighted by Crippen LogP contribution is 2.45. The van der Waals surface area contributed by atoms with E-state index in [-0.39, 0.29) is 0 Å². The number of aromatic nitrogens is 1. The number of rotatable bonds is 7. The van der Waals surface area contributed by atoms with Crippen molar-refractivity contribution in [3.63, 3.8) is 0 Å². The first-order valence-corrected chi connectivity index (χ1v) is 9.82. The second-order valence-corrected chi connectivity index (χ2v) is 7.27. The number of nitrogens with one attached hydrogen (secondary N) is 1. The lowest BCUT2D eigenvalue weighted by Crippen LogP contribution is -2.03. The van der Waals surface area contributed by atoms with E-state index in [0.29, 0.717) is 19.1 Å². The van der Waals surface area contributed by atoms with Crippen LogP contribution in [0.3, 0.4) is 0 Å². The minimum atomic E-state index is 0.470. The minimum absolute atomic E-state index is 0.470. The molecule has 1 N–H and O–H groups in total. The van der Waals surface area contributed by atoms with E-state index < -0.39 is 0 Å². The van der Waals surface area contributed by atoms with Gasteiger partial charge in [-0.05, 0) is 72.0 Å². The highest BCUT2D eigenvalue weighted by molar-refractivity contribution is 6.03. The maximum absolute atomic E-state index is 5.98. The quantitative estimate of drug-likeness (QED) is 0.589. The molecule has 1 saturated carbocycles. The van der Waals surface area contributed by atoms with Crippen LogP contribution in [0.1, 0.15) is 35.6 Å². The number of anilines is 2. The third-order valence-electron chi connectivity index (χ3n) is 5.08. The summed E-state index contributed by atoms with van der Waals surface area (Å²) in [5.74, 6) is 1.47. The Hall–Kier alpha value is -3.54. The molecule has 2 heterocycles. The Balaban J connectivity index is 1.34. The second kappa shape index (κ2) is 7.83. The molecule has 144 valence electrons. The first-order valence-electron chi connectivity index (χ1n) is 9.82. The van der Waals surface area contributed by atoms with Crippen LogP contribution >= 0.6 is 0 Å². The molecule has 2 aromatic carbocycles. The Labute approximate surface area is 169 Å². The standard InChI is InChI=1S/C23H21N5O/c1-2-11-24-19(5-1)15-29-20-9-10-22(21(13-20)16-7-8-16)26-18-6-3-4-17(12-18)23-14-25-28-27-23/h1-6,9-13,16,26H,7-8,14-15H2. The minimum Gasteiger partial charge on any atom is -0.487 e. The first kappa shape index (κ1) is 17.6. The summed E-state index contributed by atoms with van der Waals surface area (Å²) < 4.78 is 5.98. The summed E-state index contributed by atoms with van der Waals surface area (Å²) in [7, 11) is 0. The Bertz CT molecular complexity index is 1070. The highest BCUT2D eigenvalue weighted by Gasteiger charge is 2.26. The van der Waals surface area contributed by atoms with Crippen molar-refractivity contribution in [2.75, 3.05) is 11.9 Å². The molecule has 6 nitrogen and oxygen atoms in total. The molecule has 3 aromatic rings. The van der Waals surface area contributed by atoms with Gasteiger partial charge in [0.1, 0.15) is 18.9 Å². The van der Waals surface area contributed by atoms with Crippen LogP contribution in [0.15, 0.2) is 82.3 Å². The van der Waals surface area contributed by atoms with Gasteiger partial charge in [0.25, 0.3) is 0 Å². The summed E-state index contributed by atoms with van der Waals surface area (Å²) in [6.07, 6.45) is 4.23. The molecule has 1 aliphatic carbocycles. The van der Waals surface area contributed by atoms with E-state index in [1.165, 1.54) is 18.4 Å². The summed E-state index contributed by atoms with van der Waals surface area (Å²) >= 11 is 0. The van der Waals surface area contributed by atoms with Gasteiger partial charge in [0.2, 0.25) is 0 Å². The van der Waals surface area contributed by atoms with Crippen molar-refractivity contribution in [1.82, 2.24) is 4.98 Å². The van der Waals surface area contributed by atoms with E-state index in [4.69, 9.17) is 4.74 Å². The molecule has 0 radical (unpaired) electrons. The molecule has 0 unspecified atom stereocenters. The molecule has 1 aromatic heterocycles. The molecule has 0 bridgehead atoms. The number of hydrogen-bond acceptors (Lipinski definition) is 6. The Morgan fingerprint density at radius 3 is 2.76 bits per heavy atom. The van der Waals surface area contributed by atoms with E-state index in [2.05, 4.69) is 50.0 Å². The maximum atomic E-state index is 5.98. The van der Waals surface area contributed by atoms with Crippen molar-refractivity contribution in [2.24, 2.45) is 15.4 Å². The number of benzene rings is 2. The second-order valence-electron chi connectivity index (χ2n) is 7.27. The van der Waals surface area contributed by atoms with Gasteiger partial charge < -0.3 is 10.1 Å². The topological polar surface area (TPSA) is 71.2 Å². The number of ether oxygens (including phenoxy) is 1. The summed E-state index contributed by atoms with van der Waals surface area (Å²) in [6.45, 7) is 1.01. The fourth-order valence-electron chi connectivity index (χ4n) is 3.41. The normalized spacial score (nSPS) is 15.2. The average molecular weight is 383 g/mol. The third kappa shape index (κ3) is 4.16. The van der Waals surface area contributed by atoms with Crippen LogP contribution in [0.5, 0.6) is 5.75 Å². The van der Waals surface area contributed by atoms with Crippen molar-refractivity contribution >= 4 is 17.1 Å². The van der Waals surface area contributed by atoms with Gasteiger partial charge in [0, 0.05) is 23.1 Å². The Morgan fingerprint density at radius 2 is 1.97 bits per heavy atom. The molecule has 1 aliphatic heterocycles. The zero-order chi connectivity index (χ0) is 19.5. The fraction of sp³-hybridized carbons (Fsp3) is 0.217. The molecular formula is C23H21N5O. The van der Waals surface area contributed by atoms with Crippen molar-refractivity contribution in [3.8, 4) is 5.75 Å². The van der Waals surface area contributed by atoms with Gasteiger partial charge in [-0.3, -0.25) is 4.98 Å². The first-order chi connectivity index (χ1) is 14.3. The fourth-order valence-corrected chi connectivity index (χ4v) is 3.41. The molecule has 0 spiro atoms. The van der Waals surface area contributed by atoms with Crippen LogP contribution in [0, 0.1) is 0 Å². The summed E-state index contributed by atoms with van der Waals surface area (Å²) in [5, 5.41) is 15.3. The molecule has 5 rings (SSSR count). The zero-order valence-corrected chi connectivity index (χ0v) is 16.0. The molecule has 1 fully saturated rings. The summed E-state index contributed by atoms with van der Waals surface area (Å²) in [5.41, 5.74) is 6.32. The van der Waals surface area contributed by atoms with Gasteiger partial charge in [-0.25, -0.2) is 0 Å². The lowest BCUT2D eigenvalue weighted by molar-refractivity contribution is 0.301. The van der Waals surface area contributed by atoms with Crippen molar-refractivity contribution < 1.29 is 4.74 Å². The molecular weight excluding hydrogens is 362 g/mol. The summed E-state index contributed by atoms with van der Waals surface area (Å²) in [6, 6.07) is 20.4. The third-order valence-corrected chi connectivity index (χ3v) is 5.08. The van der Waals surface area contributed by atoms with Gasteiger partial charge in [0.15, 0.2) is 0 Å². The van der Waals surface area contributed by atoms with Crippen LogP contribution in [0.4, 0.5) is 11.4 Å². The molecule has 0 amide bonds. The van der Waals surface area contributed by atoms with Gasteiger partial charge in [0.05, 0.1) is 11.4 Å². The van der Waals surface area contributed by atoms with Crippen LogP contribution < -0.4 is 10.1 Å². The largest absolute Gasteiger partial charge is 0.487 e. The van der Waals surface area contributed by atoms with E-state index >= 15 is 0 Å². The van der Waals surface area contributed by atoms with Gasteiger partial charge in [-0.1, -0.05) is 18.2 Å². The predicted molar refractivity (Wildman–Crippen MR) is 113 cm³/mol. The van der Waals surface area contributed by atoms with E-state index in [1.54, 1.807) is 6.20 Å². The number of hydrogen-bond donors (Lipinski definition) is 1. The molecule has 0 saturated heterocycles. The van der Waals surface area contributed by atoms with Crippen molar-refractivity contribution in [2.45, 2.75) is 25.4 Å². The number of pyridine rings is 1. The SMILES string of the molecule is c1ccc(COc2ccc(Nc3cccc(C4=NN=NC4)c3)c(C3CC3)c2)nc1. The molecule has 6 heteroatoms. The lowest BCUT2D eigenvalue weighted by atomic mass is 10.1. The van der Waals surface area contributed by atoms with Crippen molar-refractivity contribution in [1.29, 1.82) is 0 Å². The lowest BCUT2D eigenvalue weighted by Gasteiger charge is -2.15. The number of nitrogens with zero attached hydrogens (tertiary/aromatic N) is 4. The van der Waals surface area contributed by atoms with E-state index in [9.17, 15) is 0 Å². The molecule has 2 aliphatic rings. The van der Waals surface area contributed by atoms with Crippen molar-refractivity contribution in [3.05, 3.63) is 83.7 Å². The van der Waals surface area contributed by atoms with Crippen LogP contribution in [-0.4, -0.2) is 17.2 Å². The van der Waals surface area contributed by atoms with E-state index in [0.717, 1.165) is 34.1 Å². The predicted octanol–water partition coefficient (Wildman–Crippen LogP) is 5.45. The molecule has 0 atom stereocenters. The monoisotopic (exact) mass is 383 g/mol. The zero-order valence-electron chi connectivity index (χ0n) is 16.0.